The number of aryl methyl sites for hydroxylation is 1. The lowest BCUT2D eigenvalue weighted by Crippen LogP contribution is -2.36. The number of phenols is 1. The molecule has 1 aliphatic carbocycles. The Morgan fingerprint density at radius 1 is 0.944 bits per heavy atom. The van der Waals surface area contributed by atoms with E-state index in [9.17, 15) is 13.5 Å². The number of benzene rings is 3. The summed E-state index contributed by atoms with van der Waals surface area (Å²) < 4.78 is 34.2. The van der Waals surface area contributed by atoms with Gasteiger partial charge in [-0.25, -0.2) is 8.42 Å². The van der Waals surface area contributed by atoms with Crippen LogP contribution in [0, 0.1) is 6.92 Å². The number of phenolic OH excluding ortho intramolecular Hbond substituents is 1. The summed E-state index contributed by atoms with van der Waals surface area (Å²) in [6, 6.07) is 21.8. The summed E-state index contributed by atoms with van der Waals surface area (Å²) in [4.78, 5) is 2.52. The Hall–Kier alpha value is -3.55. The second-order valence-corrected chi connectivity index (χ2v) is 10.8. The fourth-order valence-electron chi connectivity index (χ4n) is 4.80. The molecule has 7 heteroatoms. The van der Waals surface area contributed by atoms with Crippen molar-refractivity contribution in [1.29, 1.82) is 0 Å². The third-order valence-electron chi connectivity index (χ3n) is 6.61. The van der Waals surface area contributed by atoms with Gasteiger partial charge in [-0.2, -0.15) is 0 Å². The first-order chi connectivity index (χ1) is 17.4. The van der Waals surface area contributed by atoms with Gasteiger partial charge in [0.05, 0.1) is 18.1 Å². The zero-order chi connectivity index (χ0) is 25.1. The molecule has 1 saturated heterocycles. The highest BCUT2D eigenvalue weighted by molar-refractivity contribution is 7.92. The topological polar surface area (TPSA) is 78.9 Å². The van der Waals surface area contributed by atoms with E-state index >= 15 is 0 Å². The lowest BCUT2D eigenvalue weighted by atomic mass is 10.0. The van der Waals surface area contributed by atoms with Gasteiger partial charge in [0, 0.05) is 30.0 Å². The van der Waals surface area contributed by atoms with Crippen LogP contribution in [0.15, 0.2) is 89.0 Å². The van der Waals surface area contributed by atoms with Gasteiger partial charge < -0.3 is 14.7 Å². The first kappa shape index (κ1) is 24.2. The van der Waals surface area contributed by atoms with Crippen LogP contribution in [0.2, 0.25) is 0 Å². The highest BCUT2D eigenvalue weighted by atomic mass is 32.2. The third kappa shape index (κ3) is 5.17. The van der Waals surface area contributed by atoms with Crippen molar-refractivity contribution in [1.82, 2.24) is 4.90 Å². The van der Waals surface area contributed by atoms with Crippen LogP contribution < -0.4 is 4.72 Å². The fraction of sp³-hybridized carbons (Fsp3) is 0.241. The van der Waals surface area contributed by atoms with Gasteiger partial charge in [-0.3, -0.25) is 4.72 Å². The number of rotatable bonds is 6. The van der Waals surface area contributed by atoms with E-state index in [1.54, 1.807) is 42.5 Å². The van der Waals surface area contributed by atoms with E-state index < -0.39 is 10.0 Å². The first-order valence-electron chi connectivity index (χ1n) is 12.2. The van der Waals surface area contributed by atoms with Crippen molar-refractivity contribution < 1.29 is 18.3 Å². The predicted octanol–water partition coefficient (Wildman–Crippen LogP) is 5.42. The van der Waals surface area contributed by atoms with Crippen molar-refractivity contribution in [2.24, 2.45) is 0 Å². The molecule has 3 aromatic carbocycles. The van der Waals surface area contributed by atoms with Crippen molar-refractivity contribution in [2.45, 2.75) is 24.7 Å². The van der Waals surface area contributed by atoms with E-state index in [1.807, 2.05) is 25.1 Å². The van der Waals surface area contributed by atoms with Crippen LogP contribution in [0.3, 0.4) is 0 Å². The molecule has 1 fully saturated rings. The van der Waals surface area contributed by atoms with Crippen LogP contribution in [0.5, 0.6) is 5.75 Å². The van der Waals surface area contributed by atoms with E-state index in [1.165, 1.54) is 5.57 Å². The molecule has 0 aromatic heterocycles. The van der Waals surface area contributed by atoms with E-state index in [-0.39, 0.29) is 10.6 Å². The summed E-state index contributed by atoms with van der Waals surface area (Å²) in [6.07, 6.45) is 3.81. The lowest BCUT2D eigenvalue weighted by Gasteiger charge is -2.32. The normalized spacial score (nSPS) is 17.6. The molecular weight excluding hydrogens is 472 g/mol. The number of anilines is 1. The quantitative estimate of drug-likeness (QED) is 0.440. The zero-order valence-corrected chi connectivity index (χ0v) is 21.1. The Labute approximate surface area is 212 Å². The van der Waals surface area contributed by atoms with Crippen molar-refractivity contribution in [3.63, 3.8) is 0 Å². The second kappa shape index (κ2) is 10.2. The van der Waals surface area contributed by atoms with Gasteiger partial charge in [0.15, 0.2) is 0 Å². The molecule has 0 amide bonds. The molecule has 2 aliphatic rings. The number of nitrogens with zero attached hydrogens (tertiary/aromatic N) is 1. The summed E-state index contributed by atoms with van der Waals surface area (Å²) in [5.74, 6) is 0.134. The van der Waals surface area contributed by atoms with Crippen LogP contribution in [0.1, 0.15) is 29.5 Å². The number of nitrogens with one attached hydrogen (secondary N) is 1. The average molecular weight is 503 g/mol. The minimum atomic E-state index is -3.75. The fourth-order valence-corrected chi connectivity index (χ4v) is 5.85. The summed E-state index contributed by atoms with van der Waals surface area (Å²) in [7, 11) is -3.75. The van der Waals surface area contributed by atoms with Gasteiger partial charge in [0.2, 0.25) is 0 Å². The number of ether oxygens (including phenoxy) is 1. The summed E-state index contributed by atoms with van der Waals surface area (Å²) in [6.45, 7) is 4.75. The number of sulfonamides is 1. The van der Waals surface area contributed by atoms with E-state index in [0.29, 0.717) is 24.5 Å². The number of hydrogen-bond acceptors (Lipinski definition) is 5. The van der Waals surface area contributed by atoms with Crippen molar-refractivity contribution >= 4 is 27.4 Å². The third-order valence-corrected chi connectivity index (χ3v) is 8.00. The van der Waals surface area contributed by atoms with Crippen LogP contribution in [0.4, 0.5) is 5.69 Å². The standard InChI is InChI=1S/C29H30N2O4S/c1-21-7-11-25(12-8-21)36(33,34)30-24-10-14-28(32)27(20-24)26-13-9-23(19-22-5-3-2-4-6-22)29(26)31-15-17-35-18-16-31/h2-8,10-12,14,19-20,30,32H,9,13,15-18H2,1H3/b23-19+. The molecule has 3 aromatic rings. The number of allylic oxidation sites excluding steroid dienone is 2. The minimum Gasteiger partial charge on any atom is -0.507 e. The molecule has 0 spiro atoms. The van der Waals surface area contributed by atoms with Gasteiger partial charge in [0.1, 0.15) is 5.75 Å². The Balaban J connectivity index is 1.54. The Bertz CT molecular complexity index is 1410. The Morgan fingerprint density at radius 3 is 2.39 bits per heavy atom. The molecule has 5 rings (SSSR count). The molecule has 6 nitrogen and oxygen atoms in total. The van der Waals surface area contributed by atoms with E-state index in [0.717, 1.165) is 48.3 Å². The molecule has 1 aliphatic heterocycles. The maximum atomic E-state index is 13.0. The van der Waals surface area contributed by atoms with E-state index in [4.69, 9.17) is 4.74 Å². The maximum Gasteiger partial charge on any atom is 0.261 e. The van der Waals surface area contributed by atoms with Gasteiger partial charge >= 0.3 is 0 Å². The molecule has 2 N–H and O–H groups in total. The number of aromatic hydroxyl groups is 1. The summed E-state index contributed by atoms with van der Waals surface area (Å²) >= 11 is 0. The van der Waals surface area contributed by atoms with Gasteiger partial charge in [-0.1, -0.05) is 48.0 Å². The van der Waals surface area contributed by atoms with Crippen molar-refractivity contribution in [2.75, 3.05) is 31.0 Å². The van der Waals surface area contributed by atoms with Gasteiger partial charge in [-0.15, -0.1) is 0 Å². The molecule has 0 unspecified atom stereocenters. The number of hydrogen-bond donors (Lipinski definition) is 2. The number of morpholine rings is 1. The monoisotopic (exact) mass is 502 g/mol. The molecule has 186 valence electrons. The first-order valence-corrected chi connectivity index (χ1v) is 13.6. The minimum absolute atomic E-state index is 0.134. The zero-order valence-electron chi connectivity index (χ0n) is 20.3. The average Bonchev–Trinajstić information content (AvgIpc) is 3.29. The Morgan fingerprint density at radius 2 is 1.67 bits per heavy atom. The van der Waals surface area contributed by atoms with Crippen LogP contribution in [0.25, 0.3) is 11.6 Å². The molecule has 1 heterocycles. The van der Waals surface area contributed by atoms with Crippen molar-refractivity contribution in [3.8, 4) is 5.75 Å². The van der Waals surface area contributed by atoms with Crippen LogP contribution in [-0.2, 0) is 14.8 Å². The largest absolute Gasteiger partial charge is 0.507 e. The SMILES string of the molecule is Cc1ccc(S(=O)(=O)Nc2ccc(O)c(C3=C(N4CCOCC4)/C(=C/c4ccccc4)CC3)c2)cc1. The Kier molecular flexibility index (Phi) is 6.85. The second-order valence-electron chi connectivity index (χ2n) is 9.16. The van der Waals surface area contributed by atoms with Crippen LogP contribution >= 0.6 is 0 Å². The molecule has 36 heavy (non-hydrogen) atoms. The molecule has 0 radical (unpaired) electrons. The van der Waals surface area contributed by atoms with Crippen LogP contribution in [-0.4, -0.2) is 44.7 Å². The van der Waals surface area contributed by atoms with E-state index in [2.05, 4.69) is 27.8 Å². The van der Waals surface area contributed by atoms with Crippen molar-refractivity contribution in [3.05, 3.63) is 101 Å². The van der Waals surface area contributed by atoms with Gasteiger partial charge in [0.25, 0.3) is 10.0 Å². The summed E-state index contributed by atoms with van der Waals surface area (Å²) in [5.41, 5.74) is 6.52. The maximum absolute atomic E-state index is 13.0. The predicted molar refractivity (Wildman–Crippen MR) is 143 cm³/mol. The highest BCUT2D eigenvalue weighted by Gasteiger charge is 2.28. The smallest absolute Gasteiger partial charge is 0.261 e. The molecule has 0 atom stereocenters. The molecular formula is C29H30N2O4S. The molecule has 0 bridgehead atoms. The molecule has 0 saturated carbocycles. The van der Waals surface area contributed by atoms with Gasteiger partial charge in [-0.05, 0) is 72.9 Å². The summed E-state index contributed by atoms with van der Waals surface area (Å²) in [5, 5.41) is 10.9. The lowest BCUT2D eigenvalue weighted by molar-refractivity contribution is 0.0553. The highest BCUT2D eigenvalue weighted by Crippen LogP contribution is 2.44.